The van der Waals surface area contributed by atoms with Crippen LogP contribution in [0.4, 0.5) is 5.69 Å². The molecule has 0 spiro atoms. The minimum Gasteiger partial charge on any atom is -0.483 e. The summed E-state index contributed by atoms with van der Waals surface area (Å²) in [7, 11) is 0. The molecule has 0 bridgehead atoms. The lowest BCUT2D eigenvalue weighted by molar-refractivity contribution is -0.154. The summed E-state index contributed by atoms with van der Waals surface area (Å²) in [6.07, 6.45) is 6.91. The number of amides is 2. The number of nitrogens with zero attached hydrogens (tertiary/aromatic N) is 3. The zero-order valence-electron chi connectivity index (χ0n) is 19.6. The first-order chi connectivity index (χ1) is 15.5. The normalized spacial score (nSPS) is 25.8. The van der Waals surface area contributed by atoms with Crippen molar-refractivity contribution >= 4 is 35.2 Å². The van der Waals surface area contributed by atoms with Crippen molar-refractivity contribution in [3.63, 3.8) is 0 Å². The Kier molecular flexibility index (Phi) is 4.68. The molecule has 4 aliphatic heterocycles. The van der Waals surface area contributed by atoms with E-state index in [1.807, 2.05) is 39.8 Å². The Morgan fingerprint density at radius 3 is 2.67 bits per heavy atom. The van der Waals surface area contributed by atoms with Crippen LogP contribution in [0.5, 0.6) is 5.75 Å². The number of amidine groups is 1. The second kappa shape index (κ2) is 7.14. The van der Waals surface area contributed by atoms with Crippen LogP contribution < -0.4 is 4.74 Å². The van der Waals surface area contributed by atoms with E-state index in [0.29, 0.717) is 41.4 Å². The van der Waals surface area contributed by atoms with Gasteiger partial charge >= 0.3 is 0 Å². The topological polar surface area (TPSA) is 79.3 Å². The zero-order chi connectivity index (χ0) is 23.7. The summed E-state index contributed by atoms with van der Waals surface area (Å²) in [4.78, 5) is 48.7. The third-order valence-electron chi connectivity index (χ3n) is 7.07. The maximum absolute atomic E-state index is 13.7. The van der Waals surface area contributed by atoms with Crippen molar-refractivity contribution in [1.29, 1.82) is 0 Å². The molecule has 5 rings (SSSR count). The molecule has 2 saturated heterocycles. The van der Waals surface area contributed by atoms with Gasteiger partial charge in [0.2, 0.25) is 5.91 Å². The van der Waals surface area contributed by atoms with Crippen LogP contribution in [0, 0.1) is 5.41 Å². The summed E-state index contributed by atoms with van der Waals surface area (Å²) in [5, 5.41) is 0. The first-order valence-electron chi connectivity index (χ1n) is 11.5. The number of carbonyl (C=O) groups is 3. The molecule has 33 heavy (non-hydrogen) atoms. The zero-order valence-corrected chi connectivity index (χ0v) is 19.6. The Hall–Kier alpha value is -3.22. The third-order valence-corrected chi connectivity index (χ3v) is 7.07. The monoisotopic (exact) mass is 447 g/mol. The quantitative estimate of drug-likeness (QED) is 0.644. The van der Waals surface area contributed by atoms with Crippen LogP contribution in [0.1, 0.15) is 62.9 Å². The fourth-order valence-electron chi connectivity index (χ4n) is 5.11. The number of aliphatic imine (C=N–C) groups is 1. The van der Waals surface area contributed by atoms with Gasteiger partial charge in [0.05, 0.1) is 5.69 Å². The van der Waals surface area contributed by atoms with E-state index in [2.05, 4.69) is 6.58 Å². The molecule has 1 aromatic carbocycles. The lowest BCUT2D eigenvalue weighted by Gasteiger charge is -2.45. The summed E-state index contributed by atoms with van der Waals surface area (Å²) < 4.78 is 6.11. The van der Waals surface area contributed by atoms with Crippen LogP contribution >= 0.6 is 0 Å². The van der Waals surface area contributed by atoms with Crippen molar-refractivity contribution in [3.05, 3.63) is 42.0 Å². The number of piperazine rings is 1. The van der Waals surface area contributed by atoms with Gasteiger partial charge in [0, 0.05) is 29.5 Å². The van der Waals surface area contributed by atoms with Crippen LogP contribution in [0.3, 0.4) is 0 Å². The average Bonchev–Trinajstić information content (AvgIpc) is 3.24. The van der Waals surface area contributed by atoms with Crippen molar-refractivity contribution in [2.45, 2.75) is 64.6 Å². The summed E-state index contributed by atoms with van der Waals surface area (Å²) in [5.74, 6) is 0.518. The van der Waals surface area contributed by atoms with E-state index in [1.54, 1.807) is 23.1 Å². The number of hydrogen-bond donors (Lipinski definition) is 0. The van der Waals surface area contributed by atoms with Gasteiger partial charge < -0.3 is 9.64 Å². The molecule has 2 atom stereocenters. The molecule has 0 radical (unpaired) electrons. The van der Waals surface area contributed by atoms with Gasteiger partial charge in [0.25, 0.3) is 5.91 Å². The molecule has 7 heteroatoms. The number of carbonyl (C=O) groups excluding carboxylic acids is 3. The molecule has 0 aliphatic carbocycles. The van der Waals surface area contributed by atoms with Gasteiger partial charge in [-0.15, -0.1) is 6.58 Å². The fraction of sp³-hybridized carbons (Fsp3) is 0.462. The van der Waals surface area contributed by atoms with E-state index in [-0.39, 0.29) is 24.0 Å². The highest BCUT2D eigenvalue weighted by Gasteiger charge is 2.52. The first-order valence-corrected chi connectivity index (χ1v) is 11.5. The molecule has 0 saturated carbocycles. The number of ether oxygens (including phenoxy) is 1. The van der Waals surface area contributed by atoms with Gasteiger partial charge in [-0.05, 0) is 64.8 Å². The molecule has 0 aromatic heterocycles. The van der Waals surface area contributed by atoms with Crippen molar-refractivity contribution < 1.29 is 19.1 Å². The number of ketones is 1. The van der Waals surface area contributed by atoms with E-state index in [9.17, 15) is 14.4 Å². The van der Waals surface area contributed by atoms with Crippen molar-refractivity contribution in [2.75, 3.05) is 6.54 Å². The number of rotatable bonds is 2. The molecular weight excluding hydrogens is 418 g/mol. The summed E-state index contributed by atoms with van der Waals surface area (Å²) >= 11 is 0. The maximum atomic E-state index is 13.7. The van der Waals surface area contributed by atoms with Crippen LogP contribution in [-0.2, 0) is 9.59 Å². The second-order valence-electron chi connectivity index (χ2n) is 10.3. The molecule has 0 unspecified atom stereocenters. The molecule has 4 heterocycles. The Morgan fingerprint density at radius 1 is 1.18 bits per heavy atom. The lowest BCUT2D eigenvalue weighted by Crippen LogP contribution is -2.66. The Balaban J connectivity index is 1.76. The summed E-state index contributed by atoms with van der Waals surface area (Å²) in [5.41, 5.74) is 0.415. The molecule has 4 aliphatic rings. The fourth-order valence-corrected chi connectivity index (χ4v) is 5.11. The second-order valence-corrected chi connectivity index (χ2v) is 10.3. The van der Waals surface area contributed by atoms with Gasteiger partial charge in [-0.1, -0.05) is 6.08 Å². The highest BCUT2D eigenvalue weighted by atomic mass is 16.5. The minimum absolute atomic E-state index is 0.0815. The van der Waals surface area contributed by atoms with E-state index in [1.165, 1.54) is 4.90 Å². The highest BCUT2D eigenvalue weighted by Crippen LogP contribution is 2.43. The molecule has 172 valence electrons. The Bertz CT molecular complexity index is 1160. The van der Waals surface area contributed by atoms with Crippen molar-refractivity contribution in [3.8, 4) is 5.75 Å². The minimum atomic E-state index is -0.896. The Labute approximate surface area is 193 Å². The van der Waals surface area contributed by atoms with Crippen LogP contribution in [0.25, 0.3) is 6.08 Å². The van der Waals surface area contributed by atoms with Crippen LogP contribution in [-0.4, -0.2) is 57.5 Å². The predicted molar refractivity (Wildman–Crippen MR) is 126 cm³/mol. The van der Waals surface area contributed by atoms with E-state index >= 15 is 0 Å². The lowest BCUT2D eigenvalue weighted by atomic mass is 9.86. The van der Waals surface area contributed by atoms with Gasteiger partial charge in [0.1, 0.15) is 29.3 Å². The average molecular weight is 448 g/mol. The third kappa shape index (κ3) is 3.24. The molecule has 2 amide bonds. The largest absolute Gasteiger partial charge is 0.483 e. The van der Waals surface area contributed by atoms with Crippen LogP contribution in [0.15, 0.2) is 35.9 Å². The number of benzene rings is 1. The van der Waals surface area contributed by atoms with Gasteiger partial charge in [0.15, 0.2) is 5.78 Å². The van der Waals surface area contributed by atoms with Gasteiger partial charge in [-0.25, -0.2) is 4.99 Å². The molecule has 7 nitrogen and oxygen atoms in total. The van der Waals surface area contributed by atoms with Gasteiger partial charge in [-0.2, -0.15) is 0 Å². The van der Waals surface area contributed by atoms with E-state index in [4.69, 9.17) is 9.73 Å². The maximum Gasteiger partial charge on any atom is 0.251 e. The number of hydrogen-bond acceptors (Lipinski definition) is 5. The standard InChI is InChI=1S/C26H29N3O4/c1-6-25(2,3)24-27-21-15(9-10-20-16(21)11-12-26(4,5)33-20)19(30)14-18-22(31)28-13-7-8-17(28)23(32)29(18)24/h6,9-12,17-18H,1,7-8,13-14H2,2-5H3/t17-,18-/m0/s1. The molecule has 2 fully saturated rings. The molecule has 0 N–H and O–H groups in total. The van der Waals surface area contributed by atoms with Gasteiger partial charge in [-0.3, -0.25) is 19.3 Å². The summed E-state index contributed by atoms with van der Waals surface area (Å²) in [6.45, 7) is 12.3. The molecular formula is C26H29N3O4. The van der Waals surface area contributed by atoms with Crippen LogP contribution in [0.2, 0.25) is 0 Å². The number of fused-ring (bicyclic) bond motifs is 5. The smallest absolute Gasteiger partial charge is 0.251 e. The number of Topliss-reactive ketones (excluding diaryl/α,β-unsaturated/α-hetero) is 1. The van der Waals surface area contributed by atoms with Crippen molar-refractivity contribution in [2.24, 2.45) is 10.4 Å². The van der Waals surface area contributed by atoms with E-state index < -0.39 is 23.1 Å². The summed E-state index contributed by atoms with van der Waals surface area (Å²) in [6, 6.07) is 2.11. The predicted octanol–water partition coefficient (Wildman–Crippen LogP) is 3.90. The molecule has 1 aromatic rings. The van der Waals surface area contributed by atoms with Crippen molar-refractivity contribution in [1.82, 2.24) is 9.80 Å². The highest BCUT2D eigenvalue weighted by molar-refractivity contribution is 6.15. The Morgan fingerprint density at radius 2 is 1.94 bits per heavy atom. The first kappa shape index (κ1) is 21.6. The SMILES string of the molecule is C=CC(C)(C)C1=Nc2c(ccc3c2C=CC(C)(C)O3)C(=O)C[C@H]2C(=O)N3CCC[C@H]3C(=O)N12. The van der Waals surface area contributed by atoms with E-state index in [0.717, 1.165) is 6.42 Å².